The number of nitriles is 1. The molecule has 0 fully saturated rings. The summed E-state index contributed by atoms with van der Waals surface area (Å²) in [7, 11) is 0. The molecule has 0 spiro atoms. The van der Waals surface area contributed by atoms with E-state index >= 15 is 0 Å². The normalized spacial score (nSPS) is 17.0. The summed E-state index contributed by atoms with van der Waals surface area (Å²) in [6.45, 7) is 8.59. The van der Waals surface area contributed by atoms with Crippen molar-refractivity contribution in [1.29, 1.82) is 5.26 Å². The lowest BCUT2D eigenvalue weighted by molar-refractivity contribution is -0.115. The Kier molecular flexibility index (Phi) is 7.02. The molecule has 2 aromatic rings. The number of hydrogen-bond acceptors (Lipinski definition) is 4. The second-order valence-electron chi connectivity index (χ2n) is 8.74. The second-order valence-corrected chi connectivity index (χ2v) is 10.9. The van der Waals surface area contributed by atoms with Gasteiger partial charge in [-0.25, -0.2) is 4.98 Å². The summed E-state index contributed by atoms with van der Waals surface area (Å²) in [6, 6.07) is 9.18. The van der Waals surface area contributed by atoms with Gasteiger partial charge in [-0.05, 0) is 67.3 Å². The molecule has 2 unspecified atom stereocenters. The third-order valence-electron chi connectivity index (χ3n) is 5.54. The molecular formula is C23H25Cl2N3OS. The predicted molar refractivity (Wildman–Crippen MR) is 124 cm³/mol. The number of nitrogens with one attached hydrogen (secondary N) is 1. The Morgan fingerprint density at radius 1 is 1.30 bits per heavy atom. The Morgan fingerprint density at radius 3 is 2.67 bits per heavy atom. The fourth-order valence-corrected chi connectivity index (χ4v) is 4.79. The lowest BCUT2D eigenvalue weighted by Gasteiger charge is -2.34. The molecule has 0 saturated heterocycles. The van der Waals surface area contributed by atoms with Crippen LogP contribution in [0.1, 0.15) is 50.9 Å². The third-order valence-corrected chi connectivity index (χ3v) is 7.38. The van der Waals surface area contributed by atoms with E-state index in [2.05, 4.69) is 32.2 Å². The van der Waals surface area contributed by atoms with E-state index in [-0.39, 0.29) is 11.3 Å². The summed E-state index contributed by atoms with van der Waals surface area (Å²) in [5, 5.41) is 13.5. The van der Waals surface area contributed by atoms with Gasteiger partial charge in [0.15, 0.2) is 0 Å². The molecule has 1 amide bonds. The first-order chi connectivity index (χ1) is 14.1. The van der Waals surface area contributed by atoms with Crippen LogP contribution in [0.4, 0.5) is 5.69 Å². The van der Waals surface area contributed by atoms with Gasteiger partial charge in [0.2, 0.25) is 5.91 Å². The van der Waals surface area contributed by atoms with Crippen molar-refractivity contribution >= 4 is 46.6 Å². The van der Waals surface area contributed by atoms with E-state index < -0.39 is 5.25 Å². The van der Waals surface area contributed by atoms with Gasteiger partial charge in [-0.3, -0.25) is 4.79 Å². The van der Waals surface area contributed by atoms with Crippen molar-refractivity contribution in [3.63, 3.8) is 0 Å². The molecule has 1 aromatic heterocycles. The number of carbonyl (C=O) groups is 1. The highest BCUT2D eigenvalue weighted by Crippen LogP contribution is 2.38. The lowest BCUT2D eigenvalue weighted by atomic mass is 9.71. The van der Waals surface area contributed by atoms with E-state index in [1.807, 2.05) is 6.07 Å². The highest BCUT2D eigenvalue weighted by atomic mass is 35.5. The van der Waals surface area contributed by atoms with Crippen LogP contribution in [0.3, 0.4) is 0 Å². The Balaban J connectivity index is 1.75. The number of aryl methyl sites for hydroxylation is 1. The molecule has 3 rings (SSSR count). The zero-order valence-electron chi connectivity index (χ0n) is 17.6. The molecule has 0 saturated carbocycles. The monoisotopic (exact) mass is 461 g/mol. The van der Waals surface area contributed by atoms with Gasteiger partial charge in [0.1, 0.15) is 11.1 Å². The van der Waals surface area contributed by atoms with Gasteiger partial charge < -0.3 is 5.32 Å². The van der Waals surface area contributed by atoms with Crippen molar-refractivity contribution in [2.45, 2.75) is 57.2 Å². The van der Waals surface area contributed by atoms with Crippen molar-refractivity contribution in [3.05, 3.63) is 51.1 Å². The van der Waals surface area contributed by atoms with Crippen LogP contribution < -0.4 is 5.32 Å². The van der Waals surface area contributed by atoms with E-state index in [1.165, 1.54) is 11.8 Å². The summed E-state index contributed by atoms with van der Waals surface area (Å²) < 4.78 is 0. The second kappa shape index (κ2) is 9.18. The Labute approximate surface area is 192 Å². The zero-order valence-corrected chi connectivity index (χ0v) is 19.9. The van der Waals surface area contributed by atoms with Gasteiger partial charge in [-0.15, -0.1) is 0 Å². The number of carbonyl (C=O) groups excluding carboxylic acids is 1. The van der Waals surface area contributed by atoms with Gasteiger partial charge in [-0.2, -0.15) is 5.26 Å². The van der Waals surface area contributed by atoms with Crippen LogP contribution in [0.25, 0.3) is 0 Å². The highest BCUT2D eigenvalue weighted by Gasteiger charge is 2.30. The molecule has 1 aliphatic rings. The van der Waals surface area contributed by atoms with Gasteiger partial charge in [0.25, 0.3) is 0 Å². The van der Waals surface area contributed by atoms with Crippen molar-refractivity contribution in [1.82, 2.24) is 4.98 Å². The van der Waals surface area contributed by atoms with Crippen molar-refractivity contribution in [3.8, 4) is 6.07 Å². The van der Waals surface area contributed by atoms with Crippen LogP contribution >= 0.6 is 35.0 Å². The number of hydrogen-bond donors (Lipinski definition) is 1. The Hall–Kier alpha value is -1.74. The van der Waals surface area contributed by atoms with E-state index in [0.29, 0.717) is 32.2 Å². The minimum absolute atomic E-state index is 0.186. The number of amides is 1. The molecule has 30 heavy (non-hydrogen) atoms. The van der Waals surface area contributed by atoms with Crippen molar-refractivity contribution < 1.29 is 4.79 Å². The van der Waals surface area contributed by atoms with Crippen LogP contribution in [-0.2, 0) is 17.6 Å². The van der Waals surface area contributed by atoms with Crippen LogP contribution in [0.15, 0.2) is 29.3 Å². The lowest BCUT2D eigenvalue weighted by Crippen LogP contribution is -2.27. The van der Waals surface area contributed by atoms with Crippen LogP contribution in [0, 0.1) is 22.7 Å². The molecule has 1 aliphatic carbocycles. The maximum atomic E-state index is 12.6. The van der Waals surface area contributed by atoms with Crippen molar-refractivity contribution in [2.75, 3.05) is 5.32 Å². The number of halogens is 2. The average Bonchev–Trinajstić information content (AvgIpc) is 2.69. The summed E-state index contributed by atoms with van der Waals surface area (Å²) in [4.78, 5) is 17.4. The smallest absolute Gasteiger partial charge is 0.237 e. The molecule has 1 heterocycles. The minimum atomic E-state index is -0.428. The minimum Gasteiger partial charge on any atom is -0.325 e. The predicted octanol–water partition coefficient (Wildman–Crippen LogP) is 6.53. The highest BCUT2D eigenvalue weighted by molar-refractivity contribution is 8.00. The summed E-state index contributed by atoms with van der Waals surface area (Å²) in [6.07, 6.45) is 2.94. The van der Waals surface area contributed by atoms with Gasteiger partial charge in [0, 0.05) is 11.4 Å². The number of benzene rings is 1. The number of aromatic nitrogens is 1. The summed E-state index contributed by atoms with van der Waals surface area (Å²) >= 11 is 13.2. The molecule has 1 N–H and O–H groups in total. The Bertz CT molecular complexity index is 1010. The molecule has 0 radical (unpaired) electrons. The van der Waals surface area contributed by atoms with E-state index in [1.54, 1.807) is 25.1 Å². The molecule has 0 aliphatic heterocycles. The largest absolute Gasteiger partial charge is 0.325 e. The maximum Gasteiger partial charge on any atom is 0.237 e. The molecule has 2 atom stereocenters. The average molecular weight is 462 g/mol. The maximum absolute atomic E-state index is 12.6. The first-order valence-corrected chi connectivity index (χ1v) is 11.6. The van der Waals surface area contributed by atoms with E-state index in [9.17, 15) is 10.1 Å². The topological polar surface area (TPSA) is 65.8 Å². The molecule has 7 heteroatoms. The third kappa shape index (κ3) is 5.29. The molecule has 158 valence electrons. The zero-order chi connectivity index (χ0) is 22.1. The van der Waals surface area contributed by atoms with Crippen LogP contribution in [-0.4, -0.2) is 16.1 Å². The van der Waals surface area contributed by atoms with Crippen LogP contribution in [0.2, 0.25) is 10.0 Å². The summed E-state index contributed by atoms with van der Waals surface area (Å²) in [5.74, 6) is 0.391. The molecular weight excluding hydrogens is 437 g/mol. The number of nitrogens with zero attached hydrogens (tertiary/aromatic N) is 2. The van der Waals surface area contributed by atoms with Crippen molar-refractivity contribution in [2.24, 2.45) is 11.3 Å². The number of thioether (sulfide) groups is 1. The molecule has 0 bridgehead atoms. The first-order valence-electron chi connectivity index (χ1n) is 9.94. The SMILES string of the molecule is CC(Sc1nc2c(cc1C#N)CC(C(C)(C)C)CC2)C(=O)Nc1ccc(Cl)c(Cl)c1. The van der Waals surface area contributed by atoms with E-state index in [0.717, 1.165) is 30.5 Å². The quantitative estimate of drug-likeness (QED) is 0.525. The first kappa shape index (κ1) is 22.9. The summed E-state index contributed by atoms with van der Waals surface area (Å²) in [5.41, 5.74) is 3.55. The number of anilines is 1. The fraction of sp³-hybridized carbons (Fsp3) is 0.435. The number of pyridine rings is 1. The van der Waals surface area contributed by atoms with E-state index in [4.69, 9.17) is 28.2 Å². The van der Waals surface area contributed by atoms with Gasteiger partial charge >= 0.3 is 0 Å². The number of fused-ring (bicyclic) bond motifs is 1. The van der Waals surface area contributed by atoms with Gasteiger partial charge in [0.05, 0.1) is 20.9 Å². The molecule has 1 aromatic carbocycles. The fourth-order valence-electron chi connectivity index (χ4n) is 3.59. The Morgan fingerprint density at radius 2 is 2.03 bits per heavy atom. The standard InChI is InChI=1S/C23H25Cl2N3OS/c1-13(21(29)27-17-6-7-18(24)19(25)11-17)30-22-15(12-26)9-14-10-16(23(2,3)4)5-8-20(14)28-22/h6-7,9,11,13,16H,5,8,10H2,1-4H3,(H,27,29). The molecule has 4 nitrogen and oxygen atoms in total. The number of rotatable bonds is 4. The van der Waals surface area contributed by atoms with Gasteiger partial charge in [-0.1, -0.05) is 55.7 Å². The van der Waals surface area contributed by atoms with Crippen LogP contribution in [0.5, 0.6) is 0 Å².